The Morgan fingerprint density at radius 1 is 1.04 bits per heavy atom. The Labute approximate surface area is 138 Å². The summed E-state index contributed by atoms with van der Waals surface area (Å²) in [6, 6.07) is 13.4. The van der Waals surface area contributed by atoms with Gasteiger partial charge in [0.15, 0.2) is 11.5 Å². The van der Waals surface area contributed by atoms with Gasteiger partial charge in [-0.2, -0.15) is 5.10 Å². The van der Waals surface area contributed by atoms with E-state index in [1.165, 1.54) is 12.1 Å². The first-order valence-corrected chi connectivity index (χ1v) is 8.62. The third-order valence-electron chi connectivity index (χ3n) is 3.58. The second kappa shape index (κ2) is 5.57. The maximum Gasteiger partial charge on any atom is 0.262 e. The van der Waals surface area contributed by atoms with E-state index in [1.54, 1.807) is 30.5 Å². The van der Waals surface area contributed by atoms with Crippen LogP contribution in [0, 0.1) is 0 Å². The molecule has 0 radical (unpaired) electrons. The fourth-order valence-electron chi connectivity index (χ4n) is 2.42. The Hall–Kier alpha value is -3.00. The Bertz CT molecular complexity index is 984. The lowest BCUT2D eigenvalue weighted by Gasteiger charge is -2.09. The maximum atomic E-state index is 12.6. The number of H-pyrrole nitrogens is 1. The van der Waals surface area contributed by atoms with Crippen LogP contribution in [-0.4, -0.2) is 25.4 Å². The minimum atomic E-state index is -3.73. The number of fused-ring (bicyclic) bond motifs is 1. The first-order valence-electron chi connectivity index (χ1n) is 7.14. The first kappa shape index (κ1) is 14.6. The predicted molar refractivity (Wildman–Crippen MR) is 87.4 cm³/mol. The number of hydrogen-bond donors (Lipinski definition) is 2. The number of sulfonamides is 1. The van der Waals surface area contributed by atoms with E-state index < -0.39 is 10.0 Å². The molecule has 0 fully saturated rings. The van der Waals surface area contributed by atoms with Gasteiger partial charge in [0.1, 0.15) is 0 Å². The van der Waals surface area contributed by atoms with Gasteiger partial charge in [-0.05, 0) is 30.3 Å². The lowest BCUT2D eigenvalue weighted by atomic mass is 10.1. The molecule has 0 bridgehead atoms. The molecule has 0 atom stereocenters. The molecule has 7 nitrogen and oxygen atoms in total. The van der Waals surface area contributed by atoms with Crippen molar-refractivity contribution in [1.82, 2.24) is 10.2 Å². The fourth-order valence-corrected chi connectivity index (χ4v) is 3.49. The van der Waals surface area contributed by atoms with Crippen LogP contribution in [0.2, 0.25) is 0 Å². The van der Waals surface area contributed by atoms with Crippen molar-refractivity contribution in [3.63, 3.8) is 0 Å². The Kier molecular flexibility index (Phi) is 3.39. The Morgan fingerprint density at radius 3 is 2.75 bits per heavy atom. The van der Waals surface area contributed by atoms with Gasteiger partial charge in [-0.3, -0.25) is 9.82 Å². The van der Waals surface area contributed by atoms with Crippen LogP contribution in [-0.2, 0) is 10.0 Å². The quantitative estimate of drug-likeness (QED) is 0.759. The summed E-state index contributed by atoms with van der Waals surface area (Å²) < 4.78 is 38.1. The van der Waals surface area contributed by atoms with Crippen LogP contribution >= 0.6 is 0 Å². The van der Waals surface area contributed by atoms with Crippen LogP contribution in [0.1, 0.15) is 0 Å². The number of benzene rings is 2. The second-order valence-electron chi connectivity index (χ2n) is 5.17. The van der Waals surface area contributed by atoms with Crippen LogP contribution < -0.4 is 14.2 Å². The lowest BCUT2D eigenvalue weighted by molar-refractivity contribution is 0.174. The van der Waals surface area contributed by atoms with E-state index in [9.17, 15) is 8.42 Å². The van der Waals surface area contributed by atoms with Crippen molar-refractivity contribution < 1.29 is 17.9 Å². The minimum Gasteiger partial charge on any atom is -0.454 e. The monoisotopic (exact) mass is 343 g/mol. The number of aromatic nitrogens is 2. The number of nitrogens with one attached hydrogen (secondary N) is 2. The third-order valence-corrected chi connectivity index (χ3v) is 4.96. The van der Waals surface area contributed by atoms with Crippen molar-refractivity contribution in [2.24, 2.45) is 0 Å². The van der Waals surface area contributed by atoms with Crippen molar-refractivity contribution in [2.45, 2.75) is 4.90 Å². The molecular weight excluding hydrogens is 330 g/mol. The standard InChI is InChI=1S/C16H13N3O4S/c20-24(21,13-4-5-15-16(9-13)23-10-22-15)19-12-3-1-2-11(8-12)14-6-7-17-18-14/h1-9,19H,10H2,(H,17,18). The highest BCUT2D eigenvalue weighted by Gasteiger charge is 2.20. The molecular formula is C16H13N3O4S. The van der Waals surface area contributed by atoms with Crippen LogP contribution in [0.4, 0.5) is 5.69 Å². The summed E-state index contributed by atoms with van der Waals surface area (Å²) in [6.45, 7) is 0.0957. The Balaban J connectivity index is 1.63. The zero-order chi connectivity index (χ0) is 16.6. The molecule has 2 aromatic carbocycles. The average Bonchev–Trinajstić information content (AvgIpc) is 3.25. The minimum absolute atomic E-state index is 0.0957. The van der Waals surface area contributed by atoms with Gasteiger partial charge >= 0.3 is 0 Å². The molecule has 2 heterocycles. The van der Waals surface area contributed by atoms with Crippen molar-refractivity contribution in [2.75, 3.05) is 11.5 Å². The lowest BCUT2D eigenvalue weighted by Crippen LogP contribution is -2.12. The van der Waals surface area contributed by atoms with Gasteiger partial charge in [0.2, 0.25) is 6.79 Å². The highest BCUT2D eigenvalue weighted by Crippen LogP contribution is 2.34. The SMILES string of the molecule is O=S(=O)(Nc1cccc(-c2ccn[nH]2)c1)c1ccc2c(c1)OCO2. The number of hydrogen-bond acceptors (Lipinski definition) is 5. The molecule has 4 rings (SSSR count). The molecule has 24 heavy (non-hydrogen) atoms. The number of rotatable bonds is 4. The molecule has 0 saturated heterocycles. The molecule has 0 aliphatic carbocycles. The van der Waals surface area contributed by atoms with E-state index in [-0.39, 0.29) is 11.7 Å². The smallest absolute Gasteiger partial charge is 0.262 e. The van der Waals surface area contributed by atoms with E-state index in [1.807, 2.05) is 12.1 Å². The van der Waals surface area contributed by atoms with Gasteiger partial charge in [-0.1, -0.05) is 12.1 Å². The fraction of sp³-hybridized carbons (Fsp3) is 0.0625. The predicted octanol–water partition coefficient (Wildman–Crippen LogP) is 2.61. The van der Waals surface area contributed by atoms with E-state index in [4.69, 9.17) is 9.47 Å². The molecule has 0 saturated carbocycles. The number of nitrogens with zero attached hydrogens (tertiary/aromatic N) is 1. The summed E-state index contributed by atoms with van der Waals surface area (Å²) in [7, 11) is -3.73. The number of ether oxygens (including phenoxy) is 2. The normalized spacial score (nSPS) is 13.0. The zero-order valence-electron chi connectivity index (χ0n) is 12.4. The topological polar surface area (TPSA) is 93.3 Å². The number of anilines is 1. The summed E-state index contributed by atoms with van der Waals surface area (Å²) in [5.41, 5.74) is 2.09. The molecule has 8 heteroatoms. The van der Waals surface area contributed by atoms with Crippen molar-refractivity contribution in [1.29, 1.82) is 0 Å². The van der Waals surface area contributed by atoms with Gasteiger partial charge in [-0.15, -0.1) is 0 Å². The number of aromatic amines is 1. The van der Waals surface area contributed by atoms with Gasteiger partial charge in [0, 0.05) is 23.5 Å². The average molecular weight is 343 g/mol. The summed E-state index contributed by atoms with van der Waals surface area (Å²) in [5, 5.41) is 6.74. The third kappa shape index (κ3) is 2.67. The van der Waals surface area contributed by atoms with Gasteiger partial charge in [0.05, 0.1) is 10.6 Å². The Morgan fingerprint density at radius 2 is 1.92 bits per heavy atom. The summed E-state index contributed by atoms with van der Waals surface area (Å²) in [5.74, 6) is 0.958. The van der Waals surface area contributed by atoms with Crippen molar-refractivity contribution >= 4 is 15.7 Å². The first-order chi connectivity index (χ1) is 11.6. The molecule has 122 valence electrons. The maximum absolute atomic E-state index is 12.6. The van der Waals surface area contributed by atoms with E-state index in [0.717, 1.165) is 11.3 Å². The van der Waals surface area contributed by atoms with Crippen molar-refractivity contribution in [3.05, 3.63) is 54.7 Å². The highest BCUT2D eigenvalue weighted by molar-refractivity contribution is 7.92. The van der Waals surface area contributed by atoms with Gasteiger partial charge in [0.25, 0.3) is 10.0 Å². The molecule has 1 aliphatic heterocycles. The molecule has 2 N–H and O–H groups in total. The summed E-state index contributed by atoms with van der Waals surface area (Å²) in [4.78, 5) is 0.110. The molecule has 1 aliphatic rings. The highest BCUT2D eigenvalue weighted by atomic mass is 32.2. The molecule has 0 amide bonds. The summed E-state index contributed by atoms with van der Waals surface area (Å²) in [6.07, 6.45) is 1.64. The van der Waals surface area contributed by atoms with Crippen LogP contribution in [0.25, 0.3) is 11.3 Å². The van der Waals surface area contributed by atoms with E-state index in [0.29, 0.717) is 17.2 Å². The zero-order valence-corrected chi connectivity index (χ0v) is 13.2. The molecule has 1 aromatic heterocycles. The molecule has 0 spiro atoms. The van der Waals surface area contributed by atoms with E-state index in [2.05, 4.69) is 14.9 Å². The molecule has 3 aromatic rings. The van der Waals surface area contributed by atoms with Gasteiger partial charge in [-0.25, -0.2) is 8.42 Å². The van der Waals surface area contributed by atoms with Crippen LogP contribution in [0.5, 0.6) is 11.5 Å². The van der Waals surface area contributed by atoms with Crippen LogP contribution in [0.3, 0.4) is 0 Å². The van der Waals surface area contributed by atoms with Crippen molar-refractivity contribution in [3.8, 4) is 22.8 Å². The van der Waals surface area contributed by atoms with E-state index >= 15 is 0 Å². The molecule has 0 unspecified atom stereocenters. The second-order valence-corrected chi connectivity index (χ2v) is 6.85. The summed E-state index contributed by atoms with van der Waals surface area (Å²) >= 11 is 0. The largest absolute Gasteiger partial charge is 0.454 e. The van der Waals surface area contributed by atoms with Gasteiger partial charge < -0.3 is 9.47 Å². The van der Waals surface area contributed by atoms with Crippen LogP contribution in [0.15, 0.2) is 59.6 Å².